The normalized spacial score (nSPS) is 51.2. The molecule has 0 radical (unpaired) electrons. The zero-order valence-corrected chi connectivity index (χ0v) is 56.2. The standard InChI is InChI=1S/C58H98N2O46/c1-12(68)59-23-32(77)44(19(8-66)92-50(23)89)101-51-24(60-13(2)69)33(78)45(20(9-67)98-51)102-56-43(88)47(103-53-39(84)34(79)25(70)14(3-61)93-53)31(76)22(100-56)10-90-52-42(87)46(104-58-49(38(83)29(74)18(7-65)97-58)106-55-41(86)36(81)27(72)16(5-63)95-55)30(75)21(99-52)11-91-57-48(37(82)28(73)17(6-64)96-57)105-54-40(85)35(80)26(71)15(4-62)94-54/h14-58,61-67,70-89H,3-11H2,1-2H3,(H,59,68)(H,60,69)/t14-,15-,16-,17-,18-,19-,20-,21-,22-,23-,24-,25-,26-,27-,28-,29-,30-,31-,32-,33-,34+,35+,36+,37+,38+,39+,40+,41+,42+,43+,44-,45-,46+,47+,48+,49+,50?,51+,52+,53+,54-,55-,56+,57+,58-/m1/s1. The summed E-state index contributed by atoms with van der Waals surface area (Å²) >= 11 is 0. The van der Waals surface area contributed by atoms with E-state index in [1.165, 1.54) is 0 Å². The molecule has 9 rings (SSSR count). The largest absolute Gasteiger partial charge is 0.394 e. The van der Waals surface area contributed by atoms with E-state index in [-0.39, 0.29) is 0 Å². The molecule has 9 aliphatic heterocycles. The minimum atomic E-state index is -2.50. The molecule has 9 fully saturated rings. The first kappa shape index (κ1) is 87.2. The highest BCUT2D eigenvalue weighted by atomic mass is 16.8. The Balaban J connectivity index is 1.04. The Morgan fingerprint density at radius 1 is 0.245 bits per heavy atom. The van der Waals surface area contributed by atoms with Gasteiger partial charge in [0.05, 0.1) is 59.5 Å². The van der Waals surface area contributed by atoms with Crippen LogP contribution in [0.4, 0.5) is 0 Å². The van der Waals surface area contributed by atoms with Crippen molar-refractivity contribution >= 4 is 11.8 Å². The third-order valence-electron chi connectivity index (χ3n) is 19.5. The number of aliphatic hydroxyl groups is 27. The zero-order valence-electron chi connectivity index (χ0n) is 56.2. The summed E-state index contributed by atoms with van der Waals surface area (Å²) < 4.78 is 98.8. The van der Waals surface area contributed by atoms with Gasteiger partial charge < -0.3 is 229 Å². The second kappa shape index (κ2) is 37.9. The van der Waals surface area contributed by atoms with Crippen LogP contribution in [0, 0.1) is 0 Å². The summed E-state index contributed by atoms with van der Waals surface area (Å²) in [6.45, 7) is -7.77. The molecule has 0 bridgehead atoms. The van der Waals surface area contributed by atoms with Crippen molar-refractivity contribution in [2.45, 2.75) is 290 Å². The minimum absolute atomic E-state index is 0.774. The van der Waals surface area contributed by atoms with E-state index >= 15 is 0 Å². The van der Waals surface area contributed by atoms with Crippen LogP contribution in [0.2, 0.25) is 0 Å². The van der Waals surface area contributed by atoms with Crippen LogP contribution in [0.15, 0.2) is 0 Å². The fraction of sp³-hybridized carbons (Fsp3) is 0.966. The quantitative estimate of drug-likeness (QED) is 0.0363. The lowest BCUT2D eigenvalue weighted by Crippen LogP contribution is -2.70. The first-order chi connectivity index (χ1) is 50.2. The lowest BCUT2D eigenvalue weighted by Gasteiger charge is -2.50. The van der Waals surface area contributed by atoms with Gasteiger partial charge in [-0.2, -0.15) is 0 Å². The van der Waals surface area contributed by atoms with Crippen molar-refractivity contribution in [3.05, 3.63) is 0 Å². The Labute approximate surface area is 598 Å². The molecular weight excluding hydrogens is 1460 g/mol. The van der Waals surface area contributed by atoms with E-state index in [1.807, 2.05) is 0 Å². The van der Waals surface area contributed by atoms with Gasteiger partial charge in [-0.1, -0.05) is 0 Å². The first-order valence-electron chi connectivity index (χ1n) is 33.7. The molecule has 106 heavy (non-hydrogen) atoms. The SMILES string of the molecule is CC(=O)N[C@H]1[C@H](O[C@H]2[C@H](O)[C@@H](NC(C)=O)C(O)O[C@@H]2CO)O[C@H](CO)[C@@H](O[C@@H]2O[C@H](CO[C@H]3O[C@H](CO[C@H]4O[C@H](CO)[C@@H](O)[C@H](O)[C@@H]4O[C@H]4O[C@H](CO)[C@@H](O)[C@H](O)[C@@H]4O)[C@@H](O)[C@H](O[C@H]4O[C@H](CO)[C@@H](O)[C@H](O)[C@@H]4O[C@H]4O[C@H](CO)[C@@H](O)[C@H](O)[C@@H]4O)[C@@H]3O)[C@@H](O)[C@H](O[C@@H]3O[C@H](CO)[C@@H](O)[C@H](O)[C@@H]3O)[C@@H]2O)[C@@H]1O. The van der Waals surface area contributed by atoms with E-state index < -0.39 is 348 Å². The molecule has 0 aromatic heterocycles. The summed E-state index contributed by atoms with van der Waals surface area (Å²) in [5.41, 5.74) is 0. The molecule has 9 heterocycles. The summed E-state index contributed by atoms with van der Waals surface area (Å²) in [7, 11) is 0. The summed E-state index contributed by atoms with van der Waals surface area (Å²) in [6.07, 6.45) is -90.3. The van der Waals surface area contributed by atoms with Crippen LogP contribution in [-0.2, 0) is 90.1 Å². The number of hydrogen-bond donors (Lipinski definition) is 29. The highest BCUT2D eigenvalue weighted by Gasteiger charge is 2.60. The van der Waals surface area contributed by atoms with Crippen LogP contribution in [0.25, 0.3) is 0 Å². The molecule has 48 heteroatoms. The van der Waals surface area contributed by atoms with E-state index in [0.29, 0.717) is 0 Å². The van der Waals surface area contributed by atoms with Crippen molar-refractivity contribution in [2.75, 3.05) is 59.5 Å². The molecule has 0 aromatic carbocycles. The number of hydrogen-bond acceptors (Lipinski definition) is 46. The Hall–Kier alpha value is -2.82. The minimum Gasteiger partial charge on any atom is -0.394 e. The number of carbonyl (C=O) groups is 2. The van der Waals surface area contributed by atoms with Crippen LogP contribution in [0.1, 0.15) is 13.8 Å². The lowest BCUT2D eigenvalue weighted by molar-refractivity contribution is -0.397. The molecule has 0 saturated carbocycles. The van der Waals surface area contributed by atoms with E-state index in [9.17, 15) is 147 Å². The summed E-state index contributed by atoms with van der Waals surface area (Å²) in [5, 5.41) is 301. The van der Waals surface area contributed by atoms with E-state index in [2.05, 4.69) is 10.6 Å². The van der Waals surface area contributed by atoms with Gasteiger partial charge in [0, 0.05) is 13.8 Å². The van der Waals surface area contributed by atoms with Crippen molar-refractivity contribution < 1.29 is 228 Å². The molecule has 48 nitrogen and oxygen atoms in total. The van der Waals surface area contributed by atoms with Crippen molar-refractivity contribution in [3.63, 3.8) is 0 Å². The highest BCUT2D eigenvalue weighted by molar-refractivity contribution is 5.73. The van der Waals surface area contributed by atoms with Crippen LogP contribution < -0.4 is 10.6 Å². The van der Waals surface area contributed by atoms with Crippen molar-refractivity contribution in [3.8, 4) is 0 Å². The lowest BCUT2D eigenvalue weighted by atomic mass is 9.94. The maximum absolute atomic E-state index is 12.9. The first-order valence-corrected chi connectivity index (χ1v) is 33.7. The van der Waals surface area contributed by atoms with E-state index in [1.54, 1.807) is 0 Å². The third kappa shape index (κ3) is 18.7. The molecular formula is C58H98N2O46. The molecule has 2 amide bonds. The Bertz CT molecular complexity index is 2710. The Kier molecular flexibility index (Phi) is 31.1. The van der Waals surface area contributed by atoms with E-state index in [0.717, 1.165) is 13.8 Å². The van der Waals surface area contributed by atoms with Gasteiger partial charge in [0.15, 0.2) is 56.6 Å². The molecule has 45 atom stereocenters. The van der Waals surface area contributed by atoms with E-state index in [4.69, 9.17) is 80.5 Å². The molecule has 29 N–H and O–H groups in total. The number of ether oxygens (including phenoxy) is 17. The zero-order chi connectivity index (χ0) is 77.9. The molecule has 0 aromatic rings. The monoisotopic (exact) mass is 1560 g/mol. The van der Waals surface area contributed by atoms with Gasteiger partial charge in [-0.15, -0.1) is 0 Å². The third-order valence-corrected chi connectivity index (χ3v) is 19.5. The second-order valence-corrected chi connectivity index (χ2v) is 26.7. The smallest absolute Gasteiger partial charge is 0.217 e. The molecule has 0 spiro atoms. The second-order valence-electron chi connectivity index (χ2n) is 26.7. The number of rotatable bonds is 27. The average molecular weight is 1560 g/mol. The van der Waals surface area contributed by atoms with Crippen LogP contribution in [0.3, 0.4) is 0 Å². The predicted molar refractivity (Wildman–Crippen MR) is 320 cm³/mol. The highest BCUT2D eigenvalue weighted by Crippen LogP contribution is 2.39. The fourth-order valence-electron chi connectivity index (χ4n) is 13.5. The van der Waals surface area contributed by atoms with Crippen LogP contribution in [0.5, 0.6) is 0 Å². The number of carbonyl (C=O) groups excluding carboxylic acids is 2. The van der Waals surface area contributed by atoms with Gasteiger partial charge in [0.2, 0.25) is 11.8 Å². The summed E-state index contributed by atoms with van der Waals surface area (Å²) in [4.78, 5) is 24.9. The van der Waals surface area contributed by atoms with Crippen molar-refractivity contribution in [1.82, 2.24) is 10.6 Å². The molecule has 616 valence electrons. The maximum atomic E-state index is 12.9. The topological polar surface area (TPSA) is 761 Å². The number of amides is 2. The molecule has 0 aliphatic carbocycles. The summed E-state index contributed by atoms with van der Waals surface area (Å²) in [5.74, 6) is -1.69. The number of nitrogens with one attached hydrogen (secondary N) is 2. The number of aliphatic hydroxyl groups excluding tert-OH is 27. The van der Waals surface area contributed by atoms with Crippen LogP contribution >= 0.6 is 0 Å². The van der Waals surface area contributed by atoms with Gasteiger partial charge >= 0.3 is 0 Å². The average Bonchev–Trinajstić information content (AvgIpc) is 0.773. The molecule has 9 saturated heterocycles. The maximum Gasteiger partial charge on any atom is 0.217 e. The van der Waals surface area contributed by atoms with Gasteiger partial charge in [-0.05, 0) is 0 Å². The van der Waals surface area contributed by atoms with Crippen molar-refractivity contribution in [1.29, 1.82) is 0 Å². The fourth-order valence-corrected chi connectivity index (χ4v) is 13.5. The van der Waals surface area contributed by atoms with Crippen LogP contribution in [-0.4, -0.2) is 485 Å². The predicted octanol–water partition coefficient (Wildman–Crippen LogP) is -20.3. The van der Waals surface area contributed by atoms with Gasteiger partial charge in [0.1, 0.15) is 220 Å². The summed E-state index contributed by atoms with van der Waals surface area (Å²) in [6, 6.07) is -3.51. The van der Waals surface area contributed by atoms with Gasteiger partial charge in [-0.25, -0.2) is 0 Å². The molecule has 9 aliphatic rings. The van der Waals surface area contributed by atoms with Gasteiger partial charge in [0.25, 0.3) is 0 Å². The van der Waals surface area contributed by atoms with Crippen molar-refractivity contribution in [2.24, 2.45) is 0 Å². The Morgan fingerprint density at radius 2 is 0.519 bits per heavy atom. The Morgan fingerprint density at radius 3 is 0.934 bits per heavy atom. The van der Waals surface area contributed by atoms with Gasteiger partial charge in [-0.3, -0.25) is 9.59 Å². The molecule has 1 unspecified atom stereocenters.